The van der Waals surface area contributed by atoms with E-state index in [4.69, 9.17) is 4.74 Å². The summed E-state index contributed by atoms with van der Waals surface area (Å²) in [5.41, 5.74) is 0. The van der Waals surface area contributed by atoms with Crippen molar-refractivity contribution in [2.75, 3.05) is 14.2 Å². The lowest BCUT2D eigenvalue weighted by Crippen LogP contribution is -2.53. The van der Waals surface area contributed by atoms with Gasteiger partial charge in [-0.25, -0.2) is 0 Å². The second-order valence-electron chi connectivity index (χ2n) is 6.06. The van der Waals surface area contributed by atoms with Crippen LogP contribution in [0.25, 0.3) is 0 Å². The standard InChI is InChI=1S/C15H25NO3/c1-10-14(15(18)19-3)12(9-13(17)16(10)2)11-7-5-4-6-8-11/h10-12,14H,4-9H2,1-3H3/t10?,12-,14?/m1/s1. The number of hydrogen-bond acceptors (Lipinski definition) is 3. The number of likely N-dealkylation sites (tertiary alicyclic amines) is 1. The summed E-state index contributed by atoms with van der Waals surface area (Å²) in [6, 6.07) is -0.0550. The maximum atomic E-state index is 12.1. The zero-order valence-corrected chi connectivity index (χ0v) is 12.2. The fourth-order valence-electron chi connectivity index (χ4n) is 3.83. The number of ether oxygens (including phenoxy) is 1. The summed E-state index contributed by atoms with van der Waals surface area (Å²) in [7, 11) is 3.24. The van der Waals surface area contributed by atoms with Crippen molar-refractivity contribution in [3.8, 4) is 0 Å². The van der Waals surface area contributed by atoms with Crippen LogP contribution in [0.2, 0.25) is 0 Å². The van der Waals surface area contributed by atoms with Crippen molar-refractivity contribution >= 4 is 11.9 Å². The molecule has 1 saturated heterocycles. The van der Waals surface area contributed by atoms with Crippen molar-refractivity contribution in [1.82, 2.24) is 4.90 Å². The van der Waals surface area contributed by atoms with Gasteiger partial charge in [0.2, 0.25) is 5.91 Å². The number of carbonyl (C=O) groups excluding carboxylic acids is 2. The van der Waals surface area contributed by atoms with Gasteiger partial charge in [0, 0.05) is 19.5 Å². The molecule has 0 spiro atoms. The Morgan fingerprint density at radius 2 is 1.89 bits per heavy atom. The van der Waals surface area contributed by atoms with Gasteiger partial charge in [0.05, 0.1) is 13.0 Å². The predicted molar refractivity (Wildman–Crippen MR) is 72.4 cm³/mol. The van der Waals surface area contributed by atoms with Gasteiger partial charge in [-0.3, -0.25) is 9.59 Å². The molecule has 19 heavy (non-hydrogen) atoms. The van der Waals surface area contributed by atoms with Crippen LogP contribution < -0.4 is 0 Å². The largest absolute Gasteiger partial charge is 0.469 e. The number of esters is 1. The SMILES string of the molecule is COC(=O)C1C(C)N(C)C(=O)C[C@@H]1C1CCCCC1. The minimum absolute atomic E-state index is 0.0550. The molecule has 2 aliphatic rings. The van der Waals surface area contributed by atoms with E-state index in [9.17, 15) is 9.59 Å². The van der Waals surface area contributed by atoms with E-state index in [2.05, 4.69) is 0 Å². The van der Waals surface area contributed by atoms with Gasteiger partial charge in [0.15, 0.2) is 0 Å². The van der Waals surface area contributed by atoms with Crippen LogP contribution >= 0.6 is 0 Å². The lowest BCUT2D eigenvalue weighted by atomic mass is 9.68. The number of amides is 1. The van der Waals surface area contributed by atoms with Crippen molar-refractivity contribution in [2.24, 2.45) is 17.8 Å². The second kappa shape index (κ2) is 5.93. The first-order valence-corrected chi connectivity index (χ1v) is 7.39. The average molecular weight is 267 g/mol. The topological polar surface area (TPSA) is 46.6 Å². The zero-order valence-electron chi connectivity index (χ0n) is 12.2. The molecule has 0 aromatic heterocycles. The van der Waals surface area contributed by atoms with Crippen LogP contribution in [0.4, 0.5) is 0 Å². The number of methoxy groups -OCH3 is 1. The smallest absolute Gasteiger partial charge is 0.311 e. The molecule has 2 fully saturated rings. The van der Waals surface area contributed by atoms with E-state index in [1.54, 1.807) is 11.9 Å². The highest BCUT2D eigenvalue weighted by atomic mass is 16.5. The number of piperidine rings is 1. The monoisotopic (exact) mass is 267 g/mol. The van der Waals surface area contributed by atoms with E-state index in [-0.39, 0.29) is 29.8 Å². The minimum atomic E-state index is -0.157. The Kier molecular flexibility index (Phi) is 4.48. The molecule has 108 valence electrons. The van der Waals surface area contributed by atoms with E-state index < -0.39 is 0 Å². The molecule has 0 radical (unpaired) electrons. The minimum Gasteiger partial charge on any atom is -0.469 e. The molecule has 0 N–H and O–H groups in total. The fraction of sp³-hybridized carbons (Fsp3) is 0.867. The molecular formula is C15H25NO3. The van der Waals surface area contributed by atoms with Gasteiger partial charge in [0.25, 0.3) is 0 Å². The number of rotatable bonds is 2. The van der Waals surface area contributed by atoms with Gasteiger partial charge in [-0.05, 0) is 18.8 Å². The molecule has 2 rings (SSSR count). The Morgan fingerprint density at radius 3 is 2.47 bits per heavy atom. The summed E-state index contributed by atoms with van der Waals surface area (Å²) < 4.78 is 4.99. The highest BCUT2D eigenvalue weighted by Crippen LogP contribution is 2.41. The van der Waals surface area contributed by atoms with Crippen LogP contribution in [0.5, 0.6) is 0 Å². The molecule has 0 aromatic rings. The fourth-order valence-corrected chi connectivity index (χ4v) is 3.83. The van der Waals surface area contributed by atoms with Gasteiger partial charge in [-0.1, -0.05) is 32.1 Å². The molecule has 1 aliphatic heterocycles. The molecule has 4 heteroatoms. The first kappa shape index (κ1) is 14.4. The molecule has 2 unspecified atom stereocenters. The average Bonchev–Trinajstić information content (AvgIpc) is 2.44. The van der Waals surface area contributed by atoms with Crippen molar-refractivity contribution in [3.63, 3.8) is 0 Å². The first-order chi connectivity index (χ1) is 9.06. The summed E-state index contributed by atoms with van der Waals surface area (Å²) in [4.78, 5) is 25.9. The second-order valence-corrected chi connectivity index (χ2v) is 6.06. The van der Waals surface area contributed by atoms with Crippen LogP contribution in [-0.4, -0.2) is 37.0 Å². The maximum Gasteiger partial charge on any atom is 0.311 e. The van der Waals surface area contributed by atoms with E-state index in [0.717, 1.165) is 12.8 Å². The van der Waals surface area contributed by atoms with Gasteiger partial charge in [-0.15, -0.1) is 0 Å². The predicted octanol–water partition coefficient (Wildman–Crippen LogP) is 2.22. The summed E-state index contributed by atoms with van der Waals surface area (Å²) in [5.74, 6) is 0.547. The molecule has 1 heterocycles. The third-order valence-electron chi connectivity index (χ3n) is 5.12. The Morgan fingerprint density at radius 1 is 1.26 bits per heavy atom. The Hall–Kier alpha value is -1.06. The van der Waals surface area contributed by atoms with E-state index in [1.807, 2.05) is 6.92 Å². The number of nitrogens with zero attached hydrogens (tertiary/aromatic N) is 1. The Balaban J connectivity index is 2.20. The third-order valence-corrected chi connectivity index (χ3v) is 5.12. The molecule has 1 saturated carbocycles. The van der Waals surface area contributed by atoms with Gasteiger partial charge in [0.1, 0.15) is 0 Å². The maximum absolute atomic E-state index is 12.1. The van der Waals surface area contributed by atoms with Crippen molar-refractivity contribution in [1.29, 1.82) is 0 Å². The van der Waals surface area contributed by atoms with Crippen LogP contribution in [0.3, 0.4) is 0 Å². The quantitative estimate of drug-likeness (QED) is 0.721. The van der Waals surface area contributed by atoms with Crippen LogP contribution in [0.1, 0.15) is 45.4 Å². The van der Waals surface area contributed by atoms with Crippen molar-refractivity contribution in [3.05, 3.63) is 0 Å². The number of hydrogen-bond donors (Lipinski definition) is 0. The molecule has 0 bridgehead atoms. The van der Waals surface area contributed by atoms with E-state index in [0.29, 0.717) is 12.3 Å². The Labute approximate surface area is 115 Å². The number of carbonyl (C=O) groups is 2. The van der Waals surface area contributed by atoms with Crippen molar-refractivity contribution < 1.29 is 14.3 Å². The third kappa shape index (κ3) is 2.77. The van der Waals surface area contributed by atoms with Crippen LogP contribution in [0, 0.1) is 17.8 Å². The summed E-state index contributed by atoms with van der Waals surface area (Å²) in [5, 5.41) is 0. The lowest BCUT2D eigenvalue weighted by Gasteiger charge is -2.44. The molecule has 1 aliphatic carbocycles. The summed E-state index contributed by atoms with van der Waals surface area (Å²) >= 11 is 0. The first-order valence-electron chi connectivity index (χ1n) is 7.39. The highest BCUT2D eigenvalue weighted by Gasteiger charge is 2.45. The van der Waals surface area contributed by atoms with E-state index in [1.165, 1.54) is 26.4 Å². The van der Waals surface area contributed by atoms with Gasteiger partial charge >= 0.3 is 5.97 Å². The molecule has 0 aromatic carbocycles. The van der Waals surface area contributed by atoms with Gasteiger partial charge < -0.3 is 9.64 Å². The van der Waals surface area contributed by atoms with Gasteiger partial charge in [-0.2, -0.15) is 0 Å². The molecular weight excluding hydrogens is 242 g/mol. The zero-order chi connectivity index (χ0) is 14.0. The highest BCUT2D eigenvalue weighted by molar-refractivity contribution is 5.82. The summed E-state index contributed by atoms with van der Waals surface area (Å²) in [6.45, 7) is 1.97. The molecule has 4 nitrogen and oxygen atoms in total. The van der Waals surface area contributed by atoms with E-state index >= 15 is 0 Å². The van der Waals surface area contributed by atoms with Crippen LogP contribution in [0.15, 0.2) is 0 Å². The normalized spacial score (nSPS) is 33.3. The van der Waals surface area contributed by atoms with Crippen LogP contribution in [-0.2, 0) is 14.3 Å². The van der Waals surface area contributed by atoms with Crippen molar-refractivity contribution in [2.45, 2.75) is 51.5 Å². The Bertz CT molecular complexity index is 349. The molecule has 1 amide bonds. The lowest BCUT2D eigenvalue weighted by molar-refractivity contribution is -0.159. The molecule has 3 atom stereocenters. The summed E-state index contributed by atoms with van der Waals surface area (Å²) in [6.07, 6.45) is 6.56.